The van der Waals surface area contributed by atoms with Crippen molar-refractivity contribution in [1.29, 1.82) is 5.26 Å². The molecule has 20 heavy (non-hydrogen) atoms. The van der Waals surface area contributed by atoms with E-state index in [1.807, 2.05) is 23.7 Å². The molecule has 3 rings (SSSR count). The van der Waals surface area contributed by atoms with Gasteiger partial charge in [0.1, 0.15) is 11.6 Å². The average Bonchev–Trinajstić information content (AvgIpc) is 2.77. The molecule has 2 aromatic carbocycles. The van der Waals surface area contributed by atoms with Crippen molar-refractivity contribution >= 4 is 11.0 Å². The third kappa shape index (κ3) is 2.04. The Morgan fingerprint density at radius 2 is 2.05 bits per heavy atom. The minimum Gasteiger partial charge on any atom is -0.331 e. The molecule has 0 amide bonds. The highest BCUT2D eigenvalue weighted by molar-refractivity contribution is 5.77. The van der Waals surface area contributed by atoms with Crippen LogP contribution in [0.5, 0.6) is 0 Å². The van der Waals surface area contributed by atoms with E-state index < -0.39 is 0 Å². The fraction of sp³-hybridized carbons (Fsp3) is 0.125. The molecule has 0 atom stereocenters. The summed E-state index contributed by atoms with van der Waals surface area (Å²) in [6.07, 6.45) is 0.430. The summed E-state index contributed by atoms with van der Waals surface area (Å²) >= 11 is 0. The van der Waals surface area contributed by atoms with Crippen molar-refractivity contribution in [2.45, 2.75) is 6.42 Å². The largest absolute Gasteiger partial charge is 0.331 e. The Kier molecular flexibility index (Phi) is 2.96. The maximum absolute atomic E-state index is 13.7. The van der Waals surface area contributed by atoms with E-state index in [4.69, 9.17) is 5.26 Å². The van der Waals surface area contributed by atoms with Gasteiger partial charge < -0.3 is 4.57 Å². The maximum atomic E-state index is 13.7. The third-order valence-electron chi connectivity index (χ3n) is 3.41. The Balaban J connectivity index is 2.07. The summed E-state index contributed by atoms with van der Waals surface area (Å²) in [5, 5.41) is 8.94. The fourth-order valence-corrected chi connectivity index (χ4v) is 2.28. The van der Waals surface area contributed by atoms with E-state index in [-0.39, 0.29) is 5.82 Å². The molecular weight excluding hydrogens is 253 g/mol. The number of aryl methyl sites for hydroxylation is 1. The van der Waals surface area contributed by atoms with Crippen LogP contribution in [0.2, 0.25) is 0 Å². The highest BCUT2D eigenvalue weighted by Crippen LogP contribution is 2.19. The van der Waals surface area contributed by atoms with Crippen LogP contribution in [0.15, 0.2) is 42.5 Å². The van der Waals surface area contributed by atoms with Crippen molar-refractivity contribution in [2.75, 3.05) is 0 Å². The second-order valence-electron chi connectivity index (χ2n) is 4.67. The van der Waals surface area contributed by atoms with E-state index >= 15 is 0 Å². The predicted molar refractivity (Wildman–Crippen MR) is 74.6 cm³/mol. The molecule has 4 heteroatoms. The number of rotatable bonds is 2. The van der Waals surface area contributed by atoms with Crippen molar-refractivity contribution in [2.24, 2.45) is 7.05 Å². The number of aromatic nitrogens is 2. The molecule has 0 unspecified atom stereocenters. The van der Waals surface area contributed by atoms with Crippen LogP contribution >= 0.6 is 0 Å². The Hall–Kier alpha value is -2.67. The van der Waals surface area contributed by atoms with Crippen molar-refractivity contribution in [3.05, 3.63) is 65.2 Å². The third-order valence-corrected chi connectivity index (χ3v) is 3.41. The van der Waals surface area contributed by atoms with Crippen LogP contribution in [0.25, 0.3) is 11.0 Å². The van der Waals surface area contributed by atoms with Crippen LogP contribution in [0.1, 0.15) is 17.0 Å². The molecule has 0 aliphatic heterocycles. The highest BCUT2D eigenvalue weighted by atomic mass is 19.1. The summed E-state index contributed by atoms with van der Waals surface area (Å²) in [6.45, 7) is 0. The second kappa shape index (κ2) is 4.78. The number of imidazole rings is 1. The van der Waals surface area contributed by atoms with E-state index in [2.05, 4.69) is 11.1 Å². The monoisotopic (exact) mass is 265 g/mol. The predicted octanol–water partition coefficient (Wildman–Crippen LogP) is 3.17. The summed E-state index contributed by atoms with van der Waals surface area (Å²) < 4.78 is 15.6. The second-order valence-corrected chi connectivity index (χ2v) is 4.67. The molecule has 0 radical (unpaired) electrons. The number of hydrogen-bond donors (Lipinski definition) is 0. The fourth-order valence-electron chi connectivity index (χ4n) is 2.28. The Bertz CT molecular complexity index is 827. The zero-order valence-electron chi connectivity index (χ0n) is 11.0. The molecule has 1 aromatic heterocycles. The van der Waals surface area contributed by atoms with Gasteiger partial charge >= 0.3 is 0 Å². The van der Waals surface area contributed by atoms with Crippen molar-refractivity contribution in [3.63, 3.8) is 0 Å². The molecule has 0 aliphatic rings. The van der Waals surface area contributed by atoms with Crippen molar-refractivity contribution < 1.29 is 4.39 Å². The van der Waals surface area contributed by atoms with Gasteiger partial charge in [0.2, 0.25) is 0 Å². The molecule has 98 valence electrons. The number of fused-ring (bicyclic) bond motifs is 1. The van der Waals surface area contributed by atoms with Gasteiger partial charge in [0.15, 0.2) is 0 Å². The van der Waals surface area contributed by atoms with Crippen molar-refractivity contribution in [3.8, 4) is 6.07 Å². The number of benzene rings is 2. The van der Waals surface area contributed by atoms with E-state index in [1.165, 1.54) is 6.07 Å². The summed E-state index contributed by atoms with van der Waals surface area (Å²) in [5.41, 5.74) is 2.91. The van der Waals surface area contributed by atoms with E-state index in [1.54, 1.807) is 24.3 Å². The quantitative estimate of drug-likeness (QED) is 0.714. The normalized spacial score (nSPS) is 10.7. The number of hydrogen-bond acceptors (Lipinski definition) is 2. The molecule has 0 spiro atoms. The van der Waals surface area contributed by atoms with Gasteiger partial charge in [0.25, 0.3) is 0 Å². The van der Waals surface area contributed by atoms with E-state index in [0.29, 0.717) is 17.5 Å². The zero-order chi connectivity index (χ0) is 14.1. The van der Waals surface area contributed by atoms with Crippen LogP contribution in [0.4, 0.5) is 4.39 Å². The number of halogens is 1. The molecule has 0 bridgehead atoms. The SMILES string of the molecule is Cn1c(Cc2ccccc2F)nc2ccc(C#N)cc21. The minimum absolute atomic E-state index is 0.225. The van der Waals surface area contributed by atoms with E-state index in [9.17, 15) is 4.39 Å². The van der Waals surface area contributed by atoms with Crippen LogP contribution < -0.4 is 0 Å². The van der Waals surface area contributed by atoms with Crippen LogP contribution in [0.3, 0.4) is 0 Å². The molecule has 0 fully saturated rings. The molecule has 0 saturated carbocycles. The lowest BCUT2D eigenvalue weighted by atomic mass is 10.1. The van der Waals surface area contributed by atoms with Gasteiger partial charge in [-0.25, -0.2) is 9.37 Å². The summed E-state index contributed by atoms with van der Waals surface area (Å²) in [5.74, 6) is 0.553. The van der Waals surface area contributed by atoms with Gasteiger partial charge in [0, 0.05) is 13.5 Å². The first-order chi connectivity index (χ1) is 9.69. The average molecular weight is 265 g/mol. The molecule has 0 N–H and O–H groups in total. The van der Waals surface area contributed by atoms with Gasteiger partial charge in [-0.2, -0.15) is 5.26 Å². The first-order valence-corrected chi connectivity index (χ1v) is 6.28. The van der Waals surface area contributed by atoms with Gasteiger partial charge in [-0.15, -0.1) is 0 Å². The van der Waals surface area contributed by atoms with Gasteiger partial charge in [-0.3, -0.25) is 0 Å². The van der Waals surface area contributed by atoms with Crippen LogP contribution in [-0.4, -0.2) is 9.55 Å². The van der Waals surface area contributed by atoms with Crippen molar-refractivity contribution in [1.82, 2.24) is 9.55 Å². The standard InChI is InChI=1S/C16H12FN3/c1-20-15-8-11(10-18)6-7-14(15)19-16(20)9-12-4-2-3-5-13(12)17/h2-8H,9H2,1H3. The maximum Gasteiger partial charge on any atom is 0.126 e. The first kappa shape index (κ1) is 12.4. The smallest absolute Gasteiger partial charge is 0.126 e. The number of nitrogens with zero attached hydrogens (tertiary/aromatic N) is 3. The lowest BCUT2D eigenvalue weighted by Gasteiger charge is -2.03. The molecule has 3 nitrogen and oxygen atoms in total. The summed E-state index contributed by atoms with van der Waals surface area (Å²) in [6, 6.07) is 14.2. The Morgan fingerprint density at radius 3 is 2.80 bits per heavy atom. The molecule has 3 aromatic rings. The minimum atomic E-state index is -0.225. The Labute approximate surface area is 115 Å². The molecule has 0 aliphatic carbocycles. The van der Waals surface area contributed by atoms with Gasteiger partial charge in [-0.05, 0) is 29.8 Å². The summed E-state index contributed by atoms with van der Waals surface area (Å²) in [4.78, 5) is 4.51. The topological polar surface area (TPSA) is 41.6 Å². The van der Waals surface area contributed by atoms with Gasteiger partial charge in [-0.1, -0.05) is 18.2 Å². The van der Waals surface area contributed by atoms with Crippen LogP contribution in [0, 0.1) is 17.1 Å². The molecule has 0 saturated heterocycles. The highest BCUT2D eigenvalue weighted by Gasteiger charge is 2.11. The Morgan fingerprint density at radius 1 is 1.25 bits per heavy atom. The number of nitriles is 1. The van der Waals surface area contributed by atoms with Crippen LogP contribution in [-0.2, 0) is 13.5 Å². The summed E-state index contributed by atoms with van der Waals surface area (Å²) in [7, 11) is 1.88. The molecule has 1 heterocycles. The van der Waals surface area contributed by atoms with E-state index in [0.717, 1.165) is 16.9 Å². The van der Waals surface area contributed by atoms with Gasteiger partial charge in [0.05, 0.1) is 22.7 Å². The zero-order valence-corrected chi connectivity index (χ0v) is 11.0. The molecular formula is C16H12FN3. The first-order valence-electron chi connectivity index (χ1n) is 6.28. The lowest BCUT2D eigenvalue weighted by Crippen LogP contribution is -2.00. The lowest BCUT2D eigenvalue weighted by molar-refractivity contribution is 0.611.